The van der Waals surface area contributed by atoms with Crippen molar-refractivity contribution in [3.8, 4) is 0 Å². The molecule has 0 unspecified atom stereocenters. The summed E-state index contributed by atoms with van der Waals surface area (Å²) in [5, 5.41) is 18.0. The third kappa shape index (κ3) is 12.6. The molecule has 2 aromatic rings. The quantitative estimate of drug-likeness (QED) is 0.0389. The molecule has 0 bridgehead atoms. The standard InChI is InChI=1S/C33H51N9O7/c1-18(2)14-21(17-43)39-30(47)24(35)15-20-16-42(26-10-6-5-8-22(20)26)32(49)25(11-12-27(44)45)40-31(48)28(19(3)4)41-29(46)23(34)9-7-13-38-33(36)37/h5-6,8,10,16-19,21,23-25,28H,7,9,11-15,34-35H2,1-4H3,(H,39,47)(H,40,48)(H,41,46)(H,44,45)(H4,36,37,38)/t21-,23-,24-,25-,28-/m0/s1. The van der Waals surface area contributed by atoms with E-state index in [0.717, 1.165) is 0 Å². The van der Waals surface area contributed by atoms with Crippen molar-refractivity contribution in [3.63, 3.8) is 0 Å². The fourth-order valence-electron chi connectivity index (χ4n) is 5.27. The van der Waals surface area contributed by atoms with Crippen LogP contribution in [-0.2, 0) is 30.4 Å². The Balaban J connectivity index is 2.31. The van der Waals surface area contributed by atoms with Gasteiger partial charge in [-0.2, -0.15) is 0 Å². The van der Waals surface area contributed by atoms with Crippen molar-refractivity contribution in [2.75, 3.05) is 6.54 Å². The van der Waals surface area contributed by atoms with Gasteiger partial charge in [0.15, 0.2) is 5.96 Å². The molecule has 0 aliphatic carbocycles. The summed E-state index contributed by atoms with van der Waals surface area (Å²) in [7, 11) is 0. The van der Waals surface area contributed by atoms with Gasteiger partial charge in [0.25, 0.3) is 5.91 Å². The van der Waals surface area contributed by atoms with Crippen LogP contribution in [0.2, 0.25) is 0 Å². The third-order valence-corrected chi connectivity index (χ3v) is 7.84. The zero-order valence-electron chi connectivity index (χ0n) is 28.6. The van der Waals surface area contributed by atoms with Gasteiger partial charge in [0, 0.05) is 24.5 Å². The third-order valence-electron chi connectivity index (χ3n) is 7.84. The van der Waals surface area contributed by atoms with Crippen LogP contribution in [-0.4, -0.2) is 88.3 Å². The molecular formula is C33H51N9O7. The second kappa shape index (κ2) is 19.2. The molecule has 1 aromatic carbocycles. The number of aliphatic imine (C=N–C) groups is 1. The monoisotopic (exact) mass is 685 g/mol. The largest absolute Gasteiger partial charge is 0.481 e. The number of nitrogens with two attached hydrogens (primary N) is 4. The molecule has 0 radical (unpaired) electrons. The van der Waals surface area contributed by atoms with E-state index >= 15 is 0 Å². The van der Waals surface area contributed by atoms with E-state index in [1.807, 2.05) is 13.8 Å². The van der Waals surface area contributed by atoms with Crippen molar-refractivity contribution >= 4 is 52.7 Å². The lowest BCUT2D eigenvalue weighted by atomic mass is 10.0. The number of aldehydes is 1. The summed E-state index contributed by atoms with van der Waals surface area (Å²) in [5.74, 6) is -3.93. The Hall–Kier alpha value is -4.83. The number of amides is 3. The van der Waals surface area contributed by atoms with Crippen LogP contribution in [0.5, 0.6) is 0 Å². The predicted octanol–water partition coefficient (Wildman–Crippen LogP) is -0.248. The molecule has 0 aliphatic rings. The van der Waals surface area contributed by atoms with Gasteiger partial charge in [-0.1, -0.05) is 45.9 Å². The first-order valence-corrected chi connectivity index (χ1v) is 16.3. The first kappa shape index (κ1) is 40.3. The summed E-state index contributed by atoms with van der Waals surface area (Å²) in [5.41, 5.74) is 23.9. The van der Waals surface area contributed by atoms with Crippen LogP contribution in [0, 0.1) is 11.8 Å². The molecular weight excluding hydrogens is 634 g/mol. The number of carboxylic acids is 1. The van der Waals surface area contributed by atoms with Gasteiger partial charge in [0.05, 0.1) is 23.6 Å². The Bertz CT molecular complexity index is 1500. The van der Waals surface area contributed by atoms with Crippen LogP contribution in [0.1, 0.15) is 70.2 Å². The first-order chi connectivity index (χ1) is 23.0. The summed E-state index contributed by atoms with van der Waals surface area (Å²) in [6, 6.07) is 1.82. The van der Waals surface area contributed by atoms with E-state index in [-0.39, 0.29) is 37.7 Å². The minimum atomic E-state index is -1.29. The molecule has 1 heterocycles. The molecule has 2 rings (SSSR count). The number of nitrogens with zero attached hydrogens (tertiary/aromatic N) is 2. The molecule has 0 aliphatic heterocycles. The maximum Gasteiger partial charge on any atom is 0.303 e. The highest BCUT2D eigenvalue weighted by Gasteiger charge is 2.32. The molecule has 16 nitrogen and oxygen atoms in total. The number of para-hydroxylation sites is 1. The lowest BCUT2D eigenvalue weighted by molar-refractivity contribution is -0.137. The van der Waals surface area contributed by atoms with Crippen LogP contribution < -0.4 is 38.9 Å². The Kier molecular flexibility index (Phi) is 15.8. The van der Waals surface area contributed by atoms with Crippen molar-refractivity contribution in [2.45, 2.75) is 96.4 Å². The average Bonchev–Trinajstić information content (AvgIpc) is 3.40. The molecule has 16 heteroatoms. The fraction of sp³-hybridized carbons (Fsp3) is 0.545. The van der Waals surface area contributed by atoms with E-state index in [0.29, 0.717) is 35.6 Å². The molecule has 0 fully saturated rings. The Morgan fingerprint density at radius 2 is 1.57 bits per heavy atom. The highest BCUT2D eigenvalue weighted by atomic mass is 16.4. The molecule has 12 N–H and O–H groups in total. The number of carboxylic acid groups (broad SMARTS) is 1. The maximum absolute atomic E-state index is 14.0. The van der Waals surface area contributed by atoms with E-state index in [2.05, 4.69) is 20.9 Å². The molecule has 0 saturated carbocycles. The topological polar surface area (TPSA) is 280 Å². The zero-order chi connectivity index (χ0) is 36.8. The van der Waals surface area contributed by atoms with Crippen molar-refractivity contribution < 1.29 is 33.9 Å². The van der Waals surface area contributed by atoms with Gasteiger partial charge in [0.1, 0.15) is 18.4 Å². The number of hydrogen-bond acceptors (Lipinski definition) is 9. The first-order valence-electron chi connectivity index (χ1n) is 16.3. The average molecular weight is 686 g/mol. The van der Waals surface area contributed by atoms with Gasteiger partial charge in [-0.05, 0) is 55.6 Å². The zero-order valence-corrected chi connectivity index (χ0v) is 28.6. The van der Waals surface area contributed by atoms with E-state index in [4.69, 9.17) is 22.9 Å². The molecule has 0 saturated heterocycles. The van der Waals surface area contributed by atoms with Gasteiger partial charge in [-0.15, -0.1) is 0 Å². The number of nitrogens with one attached hydrogen (secondary N) is 3. The van der Waals surface area contributed by atoms with Gasteiger partial charge in [0.2, 0.25) is 17.7 Å². The van der Waals surface area contributed by atoms with Crippen LogP contribution in [0.4, 0.5) is 0 Å². The molecule has 3 amide bonds. The van der Waals surface area contributed by atoms with E-state index in [1.165, 1.54) is 10.8 Å². The molecule has 49 heavy (non-hydrogen) atoms. The molecule has 0 spiro atoms. The summed E-state index contributed by atoms with van der Waals surface area (Å²) >= 11 is 0. The number of hydrogen-bond donors (Lipinski definition) is 8. The fourth-order valence-corrected chi connectivity index (χ4v) is 5.27. The lowest BCUT2D eigenvalue weighted by Gasteiger charge is -2.26. The van der Waals surface area contributed by atoms with E-state index < -0.39 is 72.1 Å². The number of carbonyl (C=O) groups is 6. The number of fused-ring (bicyclic) bond motifs is 1. The summed E-state index contributed by atoms with van der Waals surface area (Å²) in [6.07, 6.45) is 2.66. The SMILES string of the molecule is CC(C)C[C@@H](C=O)NC(=O)[C@@H](N)Cc1cn(C(=O)[C@H](CCC(=O)O)NC(=O)[C@@H](NC(=O)[C@@H](N)CCCN=C(N)N)C(C)C)c2ccccc12. The van der Waals surface area contributed by atoms with Crippen LogP contribution in [0.3, 0.4) is 0 Å². The minimum Gasteiger partial charge on any atom is -0.481 e. The molecule has 1 aromatic heterocycles. The Labute approximate surface area is 285 Å². The van der Waals surface area contributed by atoms with Crippen molar-refractivity contribution in [3.05, 3.63) is 36.0 Å². The van der Waals surface area contributed by atoms with Crippen LogP contribution >= 0.6 is 0 Å². The number of guanidine groups is 1. The Morgan fingerprint density at radius 1 is 0.918 bits per heavy atom. The van der Waals surface area contributed by atoms with Gasteiger partial charge < -0.3 is 48.8 Å². The van der Waals surface area contributed by atoms with Crippen molar-refractivity contribution in [1.29, 1.82) is 0 Å². The normalized spacial score (nSPS) is 14.4. The van der Waals surface area contributed by atoms with Gasteiger partial charge in [-0.3, -0.25) is 33.5 Å². The van der Waals surface area contributed by atoms with Crippen LogP contribution in [0.25, 0.3) is 10.9 Å². The molecule has 270 valence electrons. The van der Waals surface area contributed by atoms with Gasteiger partial charge >= 0.3 is 5.97 Å². The van der Waals surface area contributed by atoms with Gasteiger partial charge in [-0.25, -0.2) is 0 Å². The maximum atomic E-state index is 14.0. The highest BCUT2D eigenvalue weighted by Crippen LogP contribution is 2.24. The second-order valence-electron chi connectivity index (χ2n) is 12.9. The second-order valence-corrected chi connectivity index (χ2v) is 12.9. The van der Waals surface area contributed by atoms with Crippen molar-refractivity contribution in [2.24, 2.45) is 39.8 Å². The lowest BCUT2D eigenvalue weighted by Crippen LogP contribution is -2.56. The summed E-state index contributed by atoms with van der Waals surface area (Å²) in [6.45, 7) is 7.53. The highest BCUT2D eigenvalue weighted by molar-refractivity contribution is 5.99. The summed E-state index contributed by atoms with van der Waals surface area (Å²) in [4.78, 5) is 80.1. The summed E-state index contributed by atoms with van der Waals surface area (Å²) < 4.78 is 1.30. The number of carbonyl (C=O) groups excluding carboxylic acids is 5. The molecule has 5 atom stereocenters. The number of aromatic nitrogens is 1. The van der Waals surface area contributed by atoms with Crippen molar-refractivity contribution in [1.82, 2.24) is 20.5 Å². The Morgan fingerprint density at radius 3 is 2.16 bits per heavy atom. The predicted molar refractivity (Wildman–Crippen MR) is 185 cm³/mol. The number of benzene rings is 1. The van der Waals surface area contributed by atoms with Crippen LogP contribution in [0.15, 0.2) is 35.5 Å². The number of aliphatic carboxylic acids is 1. The minimum absolute atomic E-state index is 0.0275. The van der Waals surface area contributed by atoms with E-state index in [1.54, 1.807) is 38.1 Å². The van der Waals surface area contributed by atoms with E-state index in [9.17, 15) is 33.9 Å². The number of rotatable bonds is 20. The smallest absolute Gasteiger partial charge is 0.303 e.